The van der Waals surface area contributed by atoms with Gasteiger partial charge in [0.15, 0.2) is 0 Å². The van der Waals surface area contributed by atoms with Crippen LogP contribution in [0.2, 0.25) is 5.02 Å². The molecule has 0 heterocycles. The molecule has 150 valence electrons. The molecule has 0 aliphatic carbocycles. The summed E-state index contributed by atoms with van der Waals surface area (Å²) in [5, 5.41) is 3.18. The molecule has 1 N–H and O–H groups in total. The number of para-hydroxylation sites is 1. The molecule has 3 aromatic carbocycles. The lowest BCUT2D eigenvalue weighted by molar-refractivity contribution is -0.114. The van der Waals surface area contributed by atoms with Gasteiger partial charge in [-0.3, -0.25) is 9.10 Å². The fourth-order valence-corrected chi connectivity index (χ4v) is 4.55. The molecule has 0 atom stereocenters. The van der Waals surface area contributed by atoms with E-state index >= 15 is 0 Å². The second-order valence-corrected chi connectivity index (χ2v) is 8.97. The van der Waals surface area contributed by atoms with Crippen LogP contribution >= 0.6 is 11.6 Å². The van der Waals surface area contributed by atoms with Gasteiger partial charge in [0, 0.05) is 10.7 Å². The van der Waals surface area contributed by atoms with Crippen molar-refractivity contribution < 1.29 is 13.2 Å². The van der Waals surface area contributed by atoms with Gasteiger partial charge in [-0.1, -0.05) is 53.6 Å². The molecule has 0 unspecified atom stereocenters. The molecule has 0 radical (unpaired) electrons. The molecule has 5 nitrogen and oxygen atoms in total. The Bertz CT molecular complexity index is 1130. The van der Waals surface area contributed by atoms with Gasteiger partial charge in [-0.05, 0) is 55.8 Å². The van der Waals surface area contributed by atoms with Gasteiger partial charge < -0.3 is 5.32 Å². The summed E-state index contributed by atoms with van der Waals surface area (Å²) in [5.41, 5.74) is 2.65. The number of nitrogens with one attached hydrogen (secondary N) is 1. The van der Waals surface area contributed by atoms with E-state index < -0.39 is 15.9 Å². The van der Waals surface area contributed by atoms with E-state index in [4.69, 9.17) is 11.6 Å². The Morgan fingerprint density at radius 3 is 2.31 bits per heavy atom. The lowest BCUT2D eigenvalue weighted by Gasteiger charge is -2.25. The summed E-state index contributed by atoms with van der Waals surface area (Å²) in [6.45, 7) is 3.32. The van der Waals surface area contributed by atoms with Crippen molar-refractivity contribution in [3.63, 3.8) is 0 Å². The number of rotatable bonds is 6. The molecule has 0 aliphatic rings. The molecular formula is C22H21ClN2O3S. The van der Waals surface area contributed by atoms with Crippen LogP contribution in [0.3, 0.4) is 0 Å². The average molecular weight is 429 g/mol. The quantitative estimate of drug-likeness (QED) is 0.613. The van der Waals surface area contributed by atoms with Gasteiger partial charge in [0.05, 0.1) is 10.6 Å². The van der Waals surface area contributed by atoms with E-state index in [1.165, 1.54) is 0 Å². The molecule has 0 bridgehead atoms. The molecule has 0 spiro atoms. The van der Waals surface area contributed by atoms with Crippen LogP contribution in [-0.2, 0) is 14.8 Å². The number of nitrogens with zero attached hydrogens (tertiary/aromatic N) is 1. The third-order valence-corrected chi connectivity index (χ3v) is 6.40. The second kappa shape index (κ2) is 8.68. The maximum Gasteiger partial charge on any atom is 0.264 e. The molecular weight excluding hydrogens is 408 g/mol. The van der Waals surface area contributed by atoms with E-state index in [1.807, 2.05) is 26.0 Å². The van der Waals surface area contributed by atoms with E-state index in [2.05, 4.69) is 5.32 Å². The fourth-order valence-electron chi connectivity index (χ4n) is 2.88. The minimum absolute atomic E-state index is 0.127. The molecule has 3 rings (SSSR count). The van der Waals surface area contributed by atoms with Crippen LogP contribution in [0.5, 0.6) is 0 Å². The van der Waals surface area contributed by atoms with Crippen LogP contribution in [-0.4, -0.2) is 20.9 Å². The van der Waals surface area contributed by atoms with Crippen molar-refractivity contribution in [2.45, 2.75) is 18.7 Å². The van der Waals surface area contributed by atoms with Crippen LogP contribution in [0.15, 0.2) is 77.7 Å². The van der Waals surface area contributed by atoms with Crippen molar-refractivity contribution in [3.8, 4) is 0 Å². The molecule has 7 heteroatoms. The number of halogens is 1. The van der Waals surface area contributed by atoms with E-state index in [-0.39, 0.29) is 11.4 Å². The Morgan fingerprint density at radius 2 is 1.66 bits per heavy atom. The topological polar surface area (TPSA) is 66.5 Å². The molecule has 0 saturated carbocycles. The fraction of sp³-hybridized carbons (Fsp3) is 0.136. The zero-order valence-corrected chi connectivity index (χ0v) is 17.7. The van der Waals surface area contributed by atoms with Gasteiger partial charge in [-0.25, -0.2) is 8.42 Å². The predicted molar refractivity (Wildman–Crippen MR) is 117 cm³/mol. The van der Waals surface area contributed by atoms with E-state index in [9.17, 15) is 13.2 Å². The number of hydrogen-bond acceptors (Lipinski definition) is 3. The Hall–Kier alpha value is -2.83. The number of sulfonamides is 1. The third kappa shape index (κ3) is 4.96. The molecule has 29 heavy (non-hydrogen) atoms. The largest absolute Gasteiger partial charge is 0.324 e. The zero-order chi connectivity index (χ0) is 21.0. The molecule has 0 aliphatic heterocycles. The lowest BCUT2D eigenvalue weighted by atomic mass is 10.2. The maximum atomic E-state index is 13.4. The summed E-state index contributed by atoms with van der Waals surface area (Å²) in [6.07, 6.45) is 0. The Kier molecular flexibility index (Phi) is 6.25. The number of benzene rings is 3. The lowest BCUT2D eigenvalue weighted by Crippen LogP contribution is -2.38. The molecule has 0 fully saturated rings. The van der Waals surface area contributed by atoms with Crippen LogP contribution < -0.4 is 9.62 Å². The first kappa shape index (κ1) is 20.9. The second-order valence-electron chi connectivity index (χ2n) is 6.67. The summed E-state index contributed by atoms with van der Waals surface area (Å²) in [6, 6.07) is 20.3. The Balaban J connectivity index is 1.96. The summed E-state index contributed by atoms with van der Waals surface area (Å²) < 4.78 is 27.9. The van der Waals surface area contributed by atoms with Crippen molar-refractivity contribution in [1.29, 1.82) is 0 Å². The highest BCUT2D eigenvalue weighted by molar-refractivity contribution is 7.92. The normalized spacial score (nSPS) is 11.1. The van der Waals surface area contributed by atoms with Gasteiger partial charge in [0.1, 0.15) is 6.54 Å². The van der Waals surface area contributed by atoms with Crippen molar-refractivity contribution in [2.24, 2.45) is 0 Å². The van der Waals surface area contributed by atoms with E-state index in [0.717, 1.165) is 15.4 Å². The van der Waals surface area contributed by atoms with Crippen molar-refractivity contribution >= 4 is 38.9 Å². The number of anilines is 2. The SMILES string of the molecule is Cc1ccc(S(=O)(=O)N(CC(=O)Nc2cccc(Cl)c2)c2ccccc2C)cc1. The van der Waals surface area contributed by atoms with Gasteiger partial charge in [-0.2, -0.15) is 0 Å². The van der Waals surface area contributed by atoms with Crippen molar-refractivity contribution in [3.05, 3.63) is 88.9 Å². The highest BCUT2D eigenvalue weighted by Gasteiger charge is 2.28. The number of amides is 1. The van der Waals surface area contributed by atoms with Gasteiger partial charge >= 0.3 is 0 Å². The first-order valence-corrected chi connectivity index (χ1v) is 10.8. The third-order valence-electron chi connectivity index (χ3n) is 4.39. The van der Waals surface area contributed by atoms with Crippen molar-refractivity contribution in [2.75, 3.05) is 16.2 Å². The zero-order valence-electron chi connectivity index (χ0n) is 16.1. The van der Waals surface area contributed by atoms with Gasteiger partial charge in [0.25, 0.3) is 10.0 Å². The summed E-state index contributed by atoms with van der Waals surface area (Å²) >= 11 is 5.96. The van der Waals surface area contributed by atoms with Gasteiger partial charge in [0.2, 0.25) is 5.91 Å². The molecule has 0 saturated heterocycles. The minimum Gasteiger partial charge on any atom is -0.324 e. The maximum absolute atomic E-state index is 13.4. The Morgan fingerprint density at radius 1 is 0.966 bits per heavy atom. The standard InChI is InChI=1S/C22H21ClN2O3S/c1-16-10-12-20(13-11-16)29(27,28)25(21-9-4-3-6-17(21)2)15-22(26)24-19-8-5-7-18(23)14-19/h3-14H,15H2,1-2H3,(H,24,26). The highest BCUT2D eigenvalue weighted by atomic mass is 35.5. The number of carbonyl (C=O) groups is 1. The molecule has 1 amide bonds. The number of hydrogen-bond donors (Lipinski definition) is 1. The van der Waals surface area contributed by atoms with Crippen LogP contribution in [0.25, 0.3) is 0 Å². The van der Waals surface area contributed by atoms with E-state index in [0.29, 0.717) is 16.4 Å². The number of carbonyl (C=O) groups excluding carboxylic acids is 1. The summed E-state index contributed by atoms with van der Waals surface area (Å²) in [4.78, 5) is 12.8. The monoisotopic (exact) mass is 428 g/mol. The van der Waals surface area contributed by atoms with Crippen LogP contribution in [0.4, 0.5) is 11.4 Å². The first-order valence-electron chi connectivity index (χ1n) is 8.98. The van der Waals surface area contributed by atoms with E-state index in [1.54, 1.807) is 60.7 Å². The molecule has 0 aromatic heterocycles. The average Bonchev–Trinajstić information content (AvgIpc) is 2.67. The first-order chi connectivity index (χ1) is 13.8. The summed E-state index contributed by atoms with van der Waals surface area (Å²) in [7, 11) is -3.94. The smallest absolute Gasteiger partial charge is 0.264 e. The van der Waals surface area contributed by atoms with Crippen molar-refractivity contribution in [1.82, 2.24) is 0 Å². The predicted octanol–water partition coefficient (Wildman–Crippen LogP) is 4.79. The molecule has 3 aromatic rings. The number of aryl methyl sites for hydroxylation is 2. The minimum atomic E-state index is -3.94. The highest BCUT2D eigenvalue weighted by Crippen LogP contribution is 2.27. The summed E-state index contributed by atoms with van der Waals surface area (Å²) in [5.74, 6) is -0.466. The Labute approximate surface area is 176 Å². The van der Waals surface area contributed by atoms with Gasteiger partial charge in [-0.15, -0.1) is 0 Å². The van der Waals surface area contributed by atoms with Crippen LogP contribution in [0.1, 0.15) is 11.1 Å². The van der Waals surface area contributed by atoms with Crippen LogP contribution in [0, 0.1) is 13.8 Å².